The van der Waals surface area contributed by atoms with Crippen LogP contribution in [-0.4, -0.2) is 34.0 Å². The van der Waals surface area contributed by atoms with Crippen molar-refractivity contribution in [3.8, 4) is 0 Å². The van der Waals surface area contributed by atoms with Crippen molar-refractivity contribution in [2.75, 3.05) is 11.9 Å². The van der Waals surface area contributed by atoms with Gasteiger partial charge in [-0.05, 0) is 31.4 Å². The van der Waals surface area contributed by atoms with Crippen LogP contribution in [0.4, 0.5) is 23.7 Å². The fourth-order valence-corrected chi connectivity index (χ4v) is 2.27. The summed E-state index contributed by atoms with van der Waals surface area (Å²) in [6.07, 6.45) is -1.43. The first kappa shape index (κ1) is 16.3. The van der Waals surface area contributed by atoms with Crippen LogP contribution in [0.2, 0.25) is 0 Å². The van der Waals surface area contributed by atoms with Gasteiger partial charge < -0.3 is 20.3 Å². The number of anilines is 1. The molecular formula is C13H16F3N3O3. The quantitative estimate of drug-likeness (QED) is 0.785. The Balaban J connectivity index is 2.08. The van der Waals surface area contributed by atoms with Crippen LogP contribution >= 0.6 is 0 Å². The summed E-state index contributed by atoms with van der Waals surface area (Å²) in [5.74, 6) is 0. The maximum absolute atomic E-state index is 12.4. The number of pyridine rings is 1. The molecule has 1 saturated carbocycles. The molecule has 122 valence electrons. The fraction of sp³-hybridized carbons (Fsp3) is 0.538. The molecule has 2 amide bonds. The first-order valence-electron chi connectivity index (χ1n) is 6.71. The van der Waals surface area contributed by atoms with Crippen molar-refractivity contribution < 1.29 is 23.1 Å². The van der Waals surface area contributed by atoms with Gasteiger partial charge in [0.05, 0.1) is 12.1 Å². The lowest BCUT2D eigenvalue weighted by Crippen LogP contribution is -2.57. The Labute approximate surface area is 123 Å². The summed E-state index contributed by atoms with van der Waals surface area (Å²) in [7, 11) is 0. The Morgan fingerprint density at radius 2 is 2.09 bits per heavy atom. The number of halogens is 3. The van der Waals surface area contributed by atoms with Crippen molar-refractivity contribution in [2.45, 2.75) is 37.5 Å². The number of hydrogen-bond acceptors (Lipinski definition) is 3. The molecule has 3 N–H and O–H groups in total. The second-order valence-electron chi connectivity index (χ2n) is 5.34. The lowest BCUT2D eigenvalue weighted by Gasteiger charge is -2.40. The summed E-state index contributed by atoms with van der Waals surface area (Å²) in [4.78, 5) is 23.7. The first-order valence-corrected chi connectivity index (χ1v) is 6.71. The van der Waals surface area contributed by atoms with Gasteiger partial charge >= 0.3 is 12.2 Å². The predicted molar refractivity (Wildman–Crippen MR) is 72.6 cm³/mol. The molecule has 0 unspecified atom stereocenters. The summed E-state index contributed by atoms with van der Waals surface area (Å²) in [5, 5.41) is 14.0. The van der Waals surface area contributed by atoms with Gasteiger partial charge in [-0.1, -0.05) is 0 Å². The number of rotatable bonds is 4. The fourth-order valence-electron chi connectivity index (χ4n) is 2.27. The molecule has 9 heteroatoms. The van der Waals surface area contributed by atoms with E-state index in [-0.39, 0.29) is 12.3 Å². The minimum Gasteiger partial charge on any atom is -0.394 e. The van der Waals surface area contributed by atoms with Crippen molar-refractivity contribution in [1.82, 2.24) is 9.88 Å². The van der Waals surface area contributed by atoms with Gasteiger partial charge in [-0.25, -0.2) is 4.79 Å². The Bertz CT molecular complexity index is 603. The van der Waals surface area contributed by atoms with Gasteiger partial charge in [0.2, 0.25) is 0 Å². The molecule has 0 aromatic carbocycles. The van der Waals surface area contributed by atoms with E-state index in [0.717, 1.165) is 12.6 Å². The van der Waals surface area contributed by atoms with Crippen LogP contribution in [0.25, 0.3) is 0 Å². The highest BCUT2D eigenvalue weighted by Crippen LogP contribution is 2.31. The number of aromatic nitrogens is 1. The Morgan fingerprint density at radius 1 is 1.41 bits per heavy atom. The van der Waals surface area contributed by atoms with Crippen LogP contribution in [0.1, 0.15) is 19.3 Å². The lowest BCUT2D eigenvalue weighted by molar-refractivity contribution is -0.141. The van der Waals surface area contributed by atoms with Crippen molar-refractivity contribution in [3.63, 3.8) is 0 Å². The number of carbonyl (C=O) groups excluding carboxylic acids is 1. The summed E-state index contributed by atoms with van der Waals surface area (Å²) in [5.41, 5.74) is -1.90. The monoisotopic (exact) mass is 319 g/mol. The van der Waals surface area contributed by atoms with E-state index in [1.807, 2.05) is 0 Å². The van der Waals surface area contributed by atoms with Crippen LogP contribution in [0.5, 0.6) is 0 Å². The molecule has 1 fully saturated rings. The SMILES string of the molecule is O=C(Nc1cccn(CC(F)(F)F)c1=O)NC1(CO)CCC1. The highest BCUT2D eigenvalue weighted by atomic mass is 19.4. The molecule has 0 aliphatic heterocycles. The topological polar surface area (TPSA) is 83.4 Å². The van der Waals surface area contributed by atoms with Crippen LogP contribution in [0, 0.1) is 0 Å². The number of carbonyl (C=O) groups is 1. The number of hydrogen-bond donors (Lipinski definition) is 3. The Morgan fingerprint density at radius 3 is 2.59 bits per heavy atom. The van der Waals surface area contributed by atoms with E-state index in [1.165, 1.54) is 12.1 Å². The molecule has 1 aliphatic rings. The first-order chi connectivity index (χ1) is 10.2. The third-order valence-electron chi connectivity index (χ3n) is 3.61. The van der Waals surface area contributed by atoms with E-state index in [1.54, 1.807) is 0 Å². The second kappa shape index (κ2) is 5.99. The molecule has 0 radical (unpaired) electrons. The third-order valence-corrected chi connectivity index (χ3v) is 3.61. The number of nitrogens with one attached hydrogen (secondary N) is 2. The molecule has 22 heavy (non-hydrogen) atoms. The number of alkyl halides is 3. The van der Waals surface area contributed by atoms with Crippen LogP contribution in [0.15, 0.2) is 23.1 Å². The summed E-state index contributed by atoms with van der Waals surface area (Å²) >= 11 is 0. The number of amides is 2. The van der Waals surface area contributed by atoms with E-state index in [0.29, 0.717) is 17.4 Å². The van der Waals surface area contributed by atoms with E-state index in [9.17, 15) is 27.9 Å². The summed E-state index contributed by atoms with van der Waals surface area (Å²) < 4.78 is 37.5. The van der Waals surface area contributed by atoms with Gasteiger partial charge in [-0.2, -0.15) is 13.2 Å². The molecule has 0 bridgehead atoms. The van der Waals surface area contributed by atoms with Crippen molar-refractivity contribution in [3.05, 3.63) is 28.7 Å². The van der Waals surface area contributed by atoms with E-state index >= 15 is 0 Å². The van der Waals surface area contributed by atoms with Gasteiger partial charge in [0.1, 0.15) is 12.2 Å². The molecule has 0 atom stereocenters. The highest BCUT2D eigenvalue weighted by Gasteiger charge is 2.37. The minimum atomic E-state index is -4.53. The zero-order valence-corrected chi connectivity index (χ0v) is 11.6. The predicted octanol–water partition coefficient (Wildman–Crippen LogP) is 1.45. The van der Waals surface area contributed by atoms with Crippen molar-refractivity contribution in [1.29, 1.82) is 0 Å². The van der Waals surface area contributed by atoms with E-state index in [2.05, 4.69) is 10.6 Å². The molecule has 6 nitrogen and oxygen atoms in total. The molecule has 0 spiro atoms. The zero-order valence-electron chi connectivity index (χ0n) is 11.6. The lowest BCUT2D eigenvalue weighted by atomic mass is 9.77. The van der Waals surface area contributed by atoms with E-state index < -0.39 is 29.9 Å². The van der Waals surface area contributed by atoms with Gasteiger partial charge in [-0.15, -0.1) is 0 Å². The van der Waals surface area contributed by atoms with Crippen LogP contribution < -0.4 is 16.2 Å². The minimum absolute atomic E-state index is 0.229. The van der Waals surface area contributed by atoms with E-state index in [4.69, 9.17) is 0 Å². The largest absolute Gasteiger partial charge is 0.406 e. The third kappa shape index (κ3) is 3.79. The number of nitrogens with zero attached hydrogens (tertiary/aromatic N) is 1. The normalized spacial score (nSPS) is 16.7. The standard InChI is InChI=1S/C13H16F3N3O3/c14-13(15,16)7-19-6-1-3-9(10(19)21)17-11(22)18-12(8-20)4-2-5-12/h1,3,6,20H,2,4-5,7-8H2,(H2,17,18,22). The molecule has 2 rings (SSSR count). The van der Waals surface area contributed by atoms with Crippen molar-refractivity contribution >= 4 is 11.7 Å². The van der Waals surface area contributed by atoms with Gasteiger partial charge in [0.15, 0.2) is 0 Å². The summed E-state index contributed by atoms with van der Waals surface area (Å²) in [6, 6.07) is 1.74. The maximum atomic E-state index is 12.4. The average molecular weight is 319 g/mol. The molecule has 1 aromatic rings. The van der Waals surface area contributed by atoms with Gasteiger partial charge in [0.25, 0.3) is 5.56 Å². The summed E-state index contributed by atoms with van der Waals surface area (Å²) in [6.45, 7) is -1.66. The smallest absolute Gasteiger partial charge is 0.394 e. The number of aliphatic hydroxyl groups is 1. The molecule has 1 aliphatic carbocycles. The van der Waals surface area contributed by atoms with Gasteiger partial charge in [0, 0.05) is 6.20 Å². The Hall–Kier alpha value is -2.03. The Kier molecular flexibility index (Phi) is 4.45. The number of urea groups is 1. The molecule has 1 heterocycles. The zero-order chi connectivity index (χ0) is 16.4. The highest BCUT2D eigenvalue weighted by molar-refractivity contribution is 5.89. The molecule has 0 saturated heterocycles. The number of aliphatic hydroxyl groups excluding tert-OH is 1. The molecular weight excluding hydrogens is 303 g/mol. The molecule has 1 aromatic heterocycles. The van der Waals surface area contributed by atoms with Gasteiger partial charge in [-0.3, -0.25) is 4.79 Å². The maximum Gasteiger partial charge on any atom is 0.406 e. The van der Waals surface area contributed by atoms with Crippen LogP contribution in [0.3, 0.4) is 0 Å². The average Bonchev–Trinajstić information content (AvgIpc) is 2.37. The van der Waals surface area contributed by atoms with Crippen LogP contribution in [-0.2, 0) is 6.54 Å². The van der Waals surface area contributed by atoms with Crippen molar-refractivity contribution in [2.24, 2.45) is 0 Å². The second-order valence-corrected chi connectivity index (χ2v) is 5.34.